The molecule has 1 saturated heterocycles. The summed E-state index contributed by atoms with van der Waals surface area (Å²) in [6.07, 6.45) is 3.18. The molecule has 1 unspecified atom stereocenters. The molecule has 2 aromatic carbocycles. The van der Waals surface area contributed by atoms with Gasteiger partial charge in [0.05, 0.1) is 18.2 Å². The van der Waals surface area contributed by atoms with Gasteiger partial charge in [0.25, 0.3) is 0 Å². The Balaban J connectivity index is 1.24. The average Bonchev–Trinajstić information content (AvgIpc) is 3.45. The molecule has 0 radical (unpaired) electrons. The maximum absolute atomic E-state index is 12.5. The monoisotopic (exact) mass is 432 g/mol. The molecule has 3 aromatic rings. The van der Waals surface area contributed by atoms with E-state index in [1.165, 1.54) is 6.33 Å². The highest BCUT2D eigenvalue weighted by Crippen LogP contribution is 2.20. The Morgan fingerprint density at radius 3 is 2.53 bits per heavy atom. The predicted octanol–water partition coefficient (Wildman–Crippen LogP) is 1.68. The molecule has 164 valence electrons. The first-order valence-corrected chi connectivity index (χ1v) is 10.3. The van der Waals surface area contributed by atoms with Crippen molar-refractivity contribution in [3.05, 3.63) is 72.3 Å². The number of rotatable bonds is 7. The van der Waals surface area contributed by atoms with Gasteiger partial charge in [0.2, 0.25) is 17.7 Å². The van der Waals surface area contributed by atoms with Crippen LogP contribution in [-0.4, -0.2) is 50.5 Å². The second-order valence-corrected chi connectivity index (χ2v) is 7.81. The van der Waals surface area contributed by atoms with Gasteiger partial charge in [-0.3, -0.25) is 14.4 Å². The van der Waals surface area contributed by atoms with Crippen LogP contribution in [0.5, 0.6) is 0 Å². The van der Waals surface area contributed by atoms with Gasteiger partial charge in [0.1, 0.15) is 12.7 Å². The molecule has 9 heteroatoms. The van der Waals surface area contributed by atoms with E-state index >= 15 is 0 Å². The van der Waals surface area contributed by atoms with Crippen LogP contribution in [0.2, 0.25) is 0 Å². The van der Waals surface area contributed by atoms with E-state index < -0.39 is 5.92 Å². The summed E-state index contributed by atoms with van der Waals surface area (Å²) >= 11 is 0. The van der Waals surface area contributed by atoms with Gasteiger partial charge in [-0.1, -0.05) is 29.8 Å². The highest BCUT2D eigenvalue weighted by atomic mass is 16.2. The van der Waals surface area contributed by atoms with Gasteiger partial charge >= 0.3 is 0 Å². The van der Waals surface area contributed by atoms with Crippen molar-refractivity contribution in [2.75, 3.05) is 18.4 Å². The summed E-state index contributed by atoms with van der Waals surface area (Å²) in [6.45, 7) is 2.68. The number of aryl methyl sites for hydroxylation is 1. The molecule has 2 heterocycles. The number of carbonyl (C=O) groups is 3. The van der Waals surface area contributed by atoms with Crippen LogP contribution in [0, 0.1) is 12.8 Å². The van der Waals surface area contributed by atoms with Crippen molar-refractivity contribution in [1.29, 1.82) is 0 Å². The standard InChI is InChI=1S/C23H24N6O3/c1-16-2-4-17(5-3-16)12-28-13-18(10-22(28)31)23(32)25-11-21(30)27-19-6-8-20(9-7-19)29-15-24-14-26-29/h2-9,14-15,18H,10-13H2,1H3,(H,25,32)(H,27,30). The third-order valence-electron chi connectivity index (χ3n) is 5.34. The second-order valence-electron chi connectivity index (χ2n) is 7.81. The summed E-state index contributed by atoms with van der Waals surface area (Å²) in [4.78, 5) is 42.6. The first kappa shape index (κ1) is 21.2. The smallest absolute Gasteiger partial charge is 0.243 e. The Hall–Kier alpha value is -4.01. The van der Waals surface area contributed by atoms with Crippen LogP contribution in [0.4, 0.5) is 5.69 Å². The Morgan fingerprint density at radius 2 is 1.84 bits per heavy atom. The summed E-state index contributed by atoms with van der Waals surface area (Å²) < 4.78 is 1.61. The lowest BCUT2D eigenvalue weighted by molar-refractivity contribution is -0.129. The van der Waals surface area contributed by atoms with Crippen LogP contribution >= 0.6 is 0 Å². The molecular formula is C23H24N6O3. The molecule has 0 spiro atoms. The van der Waals surface area contributed by atoms with Gasteiger partial charge in [-0.05, 0) is 36.8 Å². The molecule has 1 atom stereocenters. The molecule has 3 amide bonds. The summed E-state index contributed by atoms with van der Waals surface area (Å²) in [7, 11) is 0. The number of benzene rings is 2. The number of anilines is 1. The van der Waals surface area contributed by atoms with Crippen molar-refractivity contribution in [2.24, 2.45) is 5.92 Å². The van der Waals surface area contributed by atoms with Gasteiger partial charge in [-0.2, -0.15) is 5.10 Å². The molecule has 0 bridgehead atoms. The summed E-state index contributed by atoms with van der Waals surface area (Å²) in [5.41, 5.74) is 3.60. The number of nitrogens with one attached hydrogen (secondary N) is 2. The Morgan fingerprint density at radius 1 is 1.09 bits per heavy atom. The topological polar surface area (TPSA) is 109 Å². The highest BCUT2D eigenvalue weighted by molar-refractivity contribution is 5.96. The zero-order valence-corrected chi connectivity index (χ0v) is 17.7. The molecule has 1 aromatic heterocycles. The van der Waals surface area contributed by atoms with E-state index in [1.54, 1.807) is 40.2 Å². The fraction of sp³-hybridized carbons (Fsp3) is 0.261. The minimum absolute atomic E-state index is 0.0531. The number of carbonyl (C=O) groups excluding carboxylic acids is 3. The van der Waals surface area contributed by atoms with Gasteiger partial charge in [0.15, 0.2) is 0 Å². The molecule has 4 rings (SSSR count). The second kappa shape index (κ2) is 9.42. The number of aromatic nitrogens is 3. The molecule has 2 N–H and O–H groups in total. The lowest BCUT2D eigenvalue weighted by atomic mass is 10.1. The van der Waals surface area contributed by atoms with E-state index in [-0.39, 0.29) is 30.7 Å². The number of nitrogens with zero attached hydrogens (tertiary/aromatic N) is 4. The predicted molar refractivity (Wildman–Crippen MR) is 118 cm³/mol. The van der Waals surface area contributed by atoms with Crippen molar-refractivity contribution < 1.29 is 14.4 Å². The molecule has 0 aliphatic carbocycles. The normalized spacial score (nSPS) is 15.6. The maximum Gasteiger partial charge on any atom is 0.243 e. The molecule has 32 heavy (non-hydrogen) atoms. The number of hydrogen-bond acceptors (Lipinski definition) is 5. The number of amides is 3. The molecular weight excluding hydrogens is 408 g/mol. The summed E-state index contributed by atoms with van der Waals surface area (Å²) in [5.74, 6) is -1.14. The van der Waals surface area contributed by atoms with Crippen molar-refractivity contribution in [1.82, 2.24) is 25.0 Å². The first-order valence-electron chi connectivity index (χ1n) is 10.3. The summed E-state index contributed by atoms with van der Waals surface area (Å²) in [5, 5.41) is 9.42. The van der Waals surface area contributed by atoms with Crippen LogP contribution in [-0.2, 0) is 20.9 Å². The molecule has 1 aliphatic heterocycles. The minimum atomic E-state index is -0.456. The van der Waals surface area contributed by atoms with Gasteiger partial charge in [0, 0.05) is 25.2 Å². The number of hydrogen-bond donors (Lipinski definition) is 2. The van der Waals surface area contributed by atoms with Crippen LogP contribution in [0.1, 0.15) is 17.5 Å². The Kier molecular flexibility index (Phi) is 6.25. The third kappa shape index (κ3) is 5.18. The van der Waals surface area contributed by atoms with Crippen molar-refractivity contribution in [2.45, 2.75) is 19.9 Å². The van der Waals surface area contributed by atoms with E-state index in [4.69, 9.17) is 0 Å². The van der Waals surface area contributed by atoms with Crippen LogP contribution < -0.4 is 10.6 Å². The Bertz CT molecular complexity index is 1090. The first-order chi connectivity index (χ1) is 15.5. The molecule has 0 saturated carbocycles. The largest absolute Gasteiger partial charge is 0.347 e. The van der Waals surface area contributed by atoms with Crippen LogP contribution in [0.15, 0.2) is 61.2 Å². The van der Waals surface area contributed by atoms with E-state index in [9.17, 15) is 14.4 Å². The van der Waals surface area contributed by atoms with E-state index in [1.807, 2.05) is 31.2 Å². The Labute approximate surface area is 185 Å². The van der Waals surface area contributed by atoms with E-state index in [0.29, 0.717) is 18.8 Å². The van der Waals surface area contributed by atoms with Gasteiger partial charge < -0.3 is 15.5 Å². The van der Waals surface area contributed by atoms with Crippen molar-refractivity contribution >= 4 is 23.4 Å². The summed E-state index contributed by atoms with van der Waals surface area (Å²) in [6, 6.07) is 15.1. The zero-order chi connectivity index (χ0) is 22.5. The fourth-order valence-electron chi connectivity index (χ4n) is 3.57. The third-order valence-corrected chi connectivity index (χ3v) is 5.34. The van der Waals surface area contributed by atoms with Crippen molar-refractivity contribution in [3.8, 4) is 5.69 Å². The maximum atomic E-state index is 12.5. The van der Waals surface area contributed by atoms with E-state index in [2.05, 4.69) is 20.7 Å². The highest BCUT2D eigenvalue weighted by Gasteiger charge is 2.34. The lowest BCUT2D eigenvalue weighted by Crippen LogP contribution is -2.37. The van der Waals surface area contributed by atoms with Gasteiger partial charge in [-0.25, -0.2) is 9.67 Å². The molecule has 9 nitrogen and oxygen atoms in total. The van der Waals surface area contributed by atoms with Gasteiger partial charge in [-0.15, -0.1) is 0 Å². The van der Waals surface area contributed by atoms with Crippen molar-refractivity contribution in [3.63, 3.8) is 0 Å². The fourth-order valence-corrected chi connectivity index (χ4v) is 3.57. The quantitative estimate of drug-likeness (QED) is 0.590. The van der Waals surface area contributed by atoms with Crippen LogP contribution in [0.3, 0.4) is 0 Å². The minimum Gasteiger partial charge on any atom is -0.347 e. The lowest BCUT2D eigenvalue weighted by Gasteiger charge is -2.17. The SMILES string of the molecule is Cc1ccc(CN2CC(C(=O)NCC(=O)Nc3ccc(-n4cncn4)cc3)CC2=O)cc1. The van der Waals surface area contributed by atoms with Crippen LogP contribution in [0.25, 0.3) is 5.69 Å². The number of likely N-dealkylation sites (tertiary alicyclic amines) is 1. The van der Waals surface area contributed by atoms with E-state index in [0.717, 1.165) is 16.8 Å². The molecule has 1 aliphatic rings. The average molecular weight is 432 g/mol. The zero-order valence-electron chi connectivity index (χ0n) is 17.7. The molecule has 1 fully saturated rings.